The summed E-state index contributed by atoms with van der Waals surface area (Å²) in [6.07, 6.45) is 0.350. The van der Waals surface area contributed by atoms with Crippen LogP contribution < -0.4 is 5.32 Å². The van der Waals surface area contributed by atoms with E-state index in [-0.39, 0.29) is 5.91 Å². The van der Waals surface area contributed by atoms with Gasteiger partial charge in [0.25, 0.3) is 5.89 Å². The summed E-state index contributed by atoms with van der Waals surface area (Å²) in [5.74, 6) is 1.15. The highest BCUT2D eigenvalue weighted by molar-refractivity contribution is 7.08. The van der Waals surface area contributed by atoms with Gasteiger partial charge in [-0.15, -0.1) is 0 Å². The average Bonchev–Trinajstić information content (AvgIpc) is 3.25. The molecule has 3 rings (SSSR count). The van der Waals surface area contributed by atoms with Crippen molar-refractivity contribution in [3.8, 4) is 11.5 Å². The monoisotopic (exact) mass is 342 g/mol. The Bertz CT molecular complexity index is 812. The fraction of sp³-hybridized carbons (Fsp3) is 0.235. The fourth-order valence-electron chi connectivity index (χ4n) is 2.17. The number of hydrogen-bond donors (Lipinski definition) is 1. The summed E-state index contributed by atoms with van der Waals surface area (Å²) >= 11 is 1.58. The smallest absolute Gasteiger partial charge is 0.258 e. The zero-order chi connectivity index (χ0) is 16.9. The second-order valence-electron chi connectivity index (χ2n) is 5.50. The van der Waals surface area contributed by atoms with Crippen LogP contribution in [0, 0.1) is 0 Å². The number of carbonyl (C=O) groups excluding carboxylic acids is 1. The number of para-hydroxylation sites is 1. The van der Waals surface area contributed by atoms with Gasteiger partial charge in [0.2, 0.25) is 5.91 Å². The molecule has 0 aliphatic rings. The van der Waals surface area contributed by atoms with Crippen LogP contribution in [0.25, 0.3) is 11.5 Å². The van der Waals surface area contributed by atoms with Crippen LogP contribution in [0.1, 0.15) is 11.4 Å². The Morgan fingerprint density at radius 3 is 2.88 bits per heavy atom. The quantitative estimate of drug-likeness (QED) is 0.745. The van der Waals surface area contributed by atoms with Gasteiger partial charge in [-0.2, -0.15) is 16.3 Å². The largest absolute Gasteiger partial charge is 0.377 e. The molecule has 0 bridgehead atoms. The first-order valence-corrected chi connectivity index (χ1v) is 8.45. The Kier molecular flexibility index (Phi) is 4.90. The lowest BCUT2D eigenvalue weighted by Crippen LogP contribution is -2.23. The molecular formula is C17H18N4O2S. The molecule has 1 N–H and O–H groups in total. The number of nitrogens with zero attached hydrogens (tertiary/aromatic N) is 3. The molecule has 0 unspecified atom stereocenters. The van der Waals surface area contributed by atoms with E-state index >= 15 is 0 Å². The standard InChI is InChI=1S/C17H18N4O2S/c1-21(2)16(22)9-12-5-3-4-6-14(12)18-10-15-19-17(23-20-15)13-7-8-24-11-13/h3-8,11,18H,9-10H2,1-2H3. The van der Waals surface area contributed by atoms with Crippen LogP contribution in [0.2, 0.25) is 0 Å². The molecule has 0 atom stereocenters. The molecule has 0 saturated carbocycles. The van der Waals surface area contributed by atoms with Crippen LogP contribution >= 0.6 is 11.3 Å². The van der Waals surface area contributed by atoms with Crippen LogP contribution in [0.5, 0.6) is 0 Å². The minimum atomic E-state index is 0.0588. The molecule has 0 saturated heterocycles. The van der Waals surface area contributed by atoms with E-state index in [2.05, 4.69) is 15.5 Å². The van der Waals surface area contributed by atoms with Gasteiger partial charge in [-0.3, -0.25) is 4.79 Å². The van der Waals surface area contributed by atoms with Crippen molar-refractivity contribution in [2.45, 2.75) is 13.0 Å². The third-order valence-corrected chi connectivity index (χ3v) is 4.21. The maximum atomic E-state index is 11.9. The lowest BCUT2D eigenvalue weighted by atomic mass is 10.1. The summed E-state index contributed by atoms with van der Waals surface area (Å²) < 4.78 is 5.27. The Labute approximate surface area is 144 Å². The number of hydrogen-bond acceptors (Lipinski definition) is 6. The average molecular weight is 342 g/mol. The van der Waals surface area contributed by atoms with Crippen molar-refractivity contribution < 1.29 is 9.32 Å². The predicted molar refractivity (Wildman–Crippen MR) is 93.8 cm³/mol. The zero-order valence-electron chi connectivity index (χ0n) is 13.5. The molecule has 6 nitrogen and oxygen atoms in total. The molecule has 7 heteroatoms. The minimum absolute atomic E-state index is 0.0588. The fourth-order valence-corrected chi connectivity index (χ4v) is 2.80. The topological polar surface area (TPSA) is 71.3 Å². The number of amides is 1. The second kappa shape index (κ2) is 7.27. The molecule has 0 spiro atoms. The molecule has 0 radical (unpaired) electrons. The molecule has 124 valence electrons. The maximum absolute atomic E-state index is 11.9. The first-order valence-electron chi connectivity index (χ1n) is 7.50. The number of rotatable bonds is 6. The summed E-state index contributed by atoms with van der Waals surface area (Å²) in [5.41, 5.74) is 2.77. The van der Waals surface area contributed by atoms with Gasteiger partial charge in [-0.25, -0.2) is 0 Å². The molecular weight excluding hydrogens is 324 g/mol. The highest BCUT2D eigenvalue weighted by Gasteiger charge is 2.12. The summed E-state index contributed by atoms with van der Waals surface area (Å²) in [7, 11) is 3.51. The first-order chi connectivity index (χ1) is 11.6. The Morgan fingerprint density at radius 1 is 1.29 bits per heavy atom. The molecule has 1 aromatic carbocycles. The van der Waals surface area contributed by atoms with E-state index in [1.54, 1.807) is 30.3 Å². The Morgan fingerprint density at radius 2 is 2.12 bits per heavy atom. The Balaban J connectivity index is 1.68. The number of aromatic nitrogens is 2. The summed E-state index contributed by atoms with van der Waals surface area (Å²) in [5, 5.41) is 11.2. The van der Waals surface area contributed by atoms with Crippen LogP contribution in [0.4, 0.5) is 5.69 Å². The number of benzene rings is 1. The minimum Gasteiger partial charge on any atom is -0.377 e. The number of thiophene rings is 1. The number of anilines is 1. The molecule has 2 aromatic heterocycles. The predicted octanol–water partition coefficient (Wildman–Crippen LogP) is 3.04. The highest BCUT2D eigenvalue weighted by Crippen LogP contribution is 2.21. The number of likely N-dealkylation sites (N-methyl/N-ethyl adjacent to an activating group) is 1. The molecule has 0 fully saturated rings. The lowest BCUT2D eigenvalue weighted by Gasteiger charge is -2.13. The normalized spacial score (nSPS) is 10.6. The van der Waals surface area contributed by atoms with E-state index in [0.717, 1.165) is 16.8 Å². The van der Waals surface area contributed by atoms with Gasteiger partial charge < -0.3 is 14.7 Å². The van der Waals surface area contributed by atoms with E-state index in [1.807, 2.05) is 41.1 Å². The first kappa shape index (κ1) is 16.2. The summed E-state index contributed by atoms with van der Waals surface area (Å²) in [6.45, 7) is 0.431. The van der Waals surface area contributed by atoms with Gasteiger partial charge in [0.05, 0.1) is 18.5 Å². The maximum Gasteiger partial charge on any atom is 0.258 e. The summed E-state index contributed by atoms with van der Waals surface area (Å²) in [4.78, 5) is 17.9. The lowest BCUT2D eigenvalue weighted by molar-refractivity contribution is -0.127. The van der Waals surface area contributed by atoms with Crippen molar-refractivity contribution >= 4 is 22.9 Å². The van der Waals surface area contributed by atoms with Crippen LogP contribution in [-0.4, -0.2) is 35.0 Å². The van der Waals surface area contributed by atoms with Gasteiger partial charge in [0.1, 0.15) is 0 Å². The van der Waals surface area contributed by atoms with Crippen molar-refractivity contribution in [3.05, 3.63) is 52.5 Å². The SMILES string of the molecule is CN(C)C(=O)Cc1ccccc1NCc1noc(-c2ccsc2)n1. The molecule has 1 amide bonds. The molecule has 0 aliphatic heterocycles. The van der Waals surface area contributed by atoms with Crippen molar-refractivity contribution in [1.29, 1.82) is 0 Å². The van der Waals surface area contributed by atoms with Crippen molar-refractivity contribution in [1.82, 2.24) is 15.0 Å². The van der Waals surface area contributed by atoms with Gasteiger partial charge in [0.15, 0.2) is 5.82 Å². The van der Waals surface area contributed by atoms with Crippen molar-refractivity contribution in [2.75, 3.05) is 19.4 Å². The highest BCUT2D eigenvalue weighted by atomic mass is 32.1. The number of carbonyl (C=O) groups is 1. The van der Waals surface area contributed by atoms with E-state index in [4.69, 9.17) is 4.52 Å². The van der Waals surface area contributed by atoms with Crippen LogP contribution in [0.15, 0.2) is 45.6 Å². The van der Waals surface area contributed by atoms with Gasteiger partial charge in [-0.05, 0) is 23.1 Å². The van der Waals surface area contributed by atoms with Gasteiger partial charge in [-0.1, -0.05) is 23.4 Å². The third kappa shape index (κ3) is 3.80. The van der Waals surface area contributed by atoms with E-state index in [0.29, 0.717) is 24.7 Å². The van der Waals surface area contributed by atoms with Gasteiger partial charge >= 0.3 is 0 Å². The third-order valence-electron chi connectivity index (χ3n) is 3.53. The van der Waals surface area contributed by atoms with Crippen molar-refractivity contribution in [3.63, 3.8) is 0 Å². The molecule has 0 aliphatic carbocycles. The second-order valence-corrected chi connectivity index (χ2v) is 6.28. The molecule has 3 aromatic rings. The Hall–Kier alpha value is -2.67. The molecule has 24 heavy (non-hydrogen) atoms. The summed E-state index contributed by atoms with van der Waals surface area (Å²) in [6, 6.07) is 9.68. The van der Waals surface area contributed by atoms with Crippen LogP contribution in [0.3, 0.4) is 0 Å². The van der Waals surface area contributed by atoms with Crippen LogP contribution in [-0.2, 0) is 17.8 Å². The van der Waals surface area contributed by atoms with Gasteiger partial charge in [0, 0.05) is 25.2 Å². The van der Waals surface area contributed by atoms with Crippen molar-refractivity contribution in [2.24, 2.45) is 0 Å². The van der Waals surface area contributed by atoms with E-state index in [1.165, 1.54) is 0 Å². The zero-order valence-corrected chi connectivity index (χ0v) is 14.3. The van der Waals surface area contributed by atoms with E-state index in [9.17, 15) is 4.79 Å². The molecule has 2 heterocycles. The number of nitrogens with one attached hydrogen (secondary N) is 1. The van der Waals surface area contributed by atoms with E-state index < -0.39 is 0 Å².